The minimum absolute atomic E-state index is 0.535. The molecule has 0 heterocycles. The molecule has 0 amide bonds. The Morgan fingerprint density at radius 3 is 2.17 bits per heavy atom. The zero-order chi connectivity index (χ0) is 9.61. The summed E-state index contributed by atoms with van der Waals surface area (Å²) in [7, 11) is 4.91. The van der Waals surface area contributed by atoms with Gasteiger partial charge in [-0.1, -0.05) is 0 Å². The SMILES string of the molecule is COC(N=C=O)C([SiH3])(OC)OC. The van der Waals surface area contributed by atoms with Crippen LogP contribution in [0.5, 0.6) is 0 Å². The molecule has 1 atom stereocenters. The minimum Gasteiger partial charge on any atom is -0.354 e. The fraction of sp³-hybridized carbons (Fsp3) is 0.833. The predicted octanol–water partition coefficient (Wildman–Crippen LogP) is -1.39. The van der Waals surface area contributed by atoms with Crippen LogP contribution < -0.4 is 0 Å². The third-order valence-electron chi connectivity index (χ3n) is 1.65. The van der Waals surface area contributed by atoms with Gasteiger partial charge >= 0.3 is 0 Å². The second kappa shape index (κ2) is 5.18. The zero-order valence-electron chi connectivity index (χ0n) is 7.66. The summed E-state index contributed by atoms with van der Waals surface area (Å²) in [6.45, 7) is 0. The van der Waals surface area contributed by atoms with Crippen molar-refractivity contribution >= 4 is 16.3 Å². The van der Waals surface area contributed by atoms with Gasteiger partial charge in [0, 0.05) is 21.3 Å². The van der Waals surface area contributed by atoms with E-state index in [1.54, 1.807) is 0 Å². The number of carbonyl (C=O) groups excluding carboxylic acids is 1. The molecule has 0 aliphatic carbocycles. The van der Waals surface area contributed by atoms with Gasteiger partial charge in [-0.25, -0.2) is 4.79 Å². The van der Waals surface area contributed by atoms with E-state index in [9.17, 15) is 4.79 Å². The second-order valence-corrected chi connectivity index (χ2v) is 3.63. The summed E-state index contributed by atoms with van der Waals surface area (Å²) in [5.41, 5.74) is -0.911. The summed E-state index contributed by atoms with van der Waals surface area (Å²) >= 11 is 0. The van der Waals surface area contributed by atoms with Gasteiger partial charge in [0.15, 0.2) is 5.41 Å². The average molecular weight is 191 g/mol. The van der Waals surface area contributed by atoms with Crippen LogP contribution in [0.25, 0.3) is 0 Å². The topological polar surface area (TPSA) is 57.1 Å². The van der Waals surface area contributed by atoms with Crippen LogP contribution in [0.15, 0.2) is 4.99 Å². The van der Waals surface area contributed by atoms with Crippen molar-refractivity contribution in [2.75, 3.05) is 21.3 Å². The summed E-state index contributed by atoms with van der Waals surface area (Å²) in [5, 5.41) is 0. The van der Waals surface area contributed by atoms with Gasteiger partial charge in [0.2, 0.25) is 12.3 Å². The lowest BCUT2D eigenvalue weighted by molar-refractivity contribution is -0.205. The van der Waals surface area contributed by atoms with Crippen LogP contribution >= 0.6 is 0 Å². The average Bonchev–Trinajstić information content (AvgIpc) is 2.13. The van der Waals surface area contributed by atoms with Gasteiger partial charge in [-0.05, 0) is 0 Å². The van der Waals surface area contributed by atoms with E-state index in [4.69, 9.17) is 14.2 Å². The first kappa shape index (κ1) is 11.5. The predicted molar refractivity (Wildman–Crippen MR) is 45.6 cm³/mol. The summed E-state index contributed by atoms with van der Waals surface area (Å²) < 4.78 is 15.0. The number of aliphatic imine (C=N–C) groups is 1. The maximum Gasteiger partial charge on any atom is 0.237 e. The van der Waals surface area contributed by atoms with E-state index in [2.05, 4.69) is 4.99 Å². The van der Waals surface area contributed by atoms with Crippen molar-refractivity contribution < 1.29 is 19.0 Å². The summed E-state index contributed by atoms with van der Waals surface area (Å²) in [6, 6.07) is 0. The first-order valence-corrected chi connectivity index (χ1v) is 4.34. The van der Waals surface area contributed by atoms with Crippen LogP contribution in [-0.4, -0.2) is 49.3 Å². The minimum atomic E-state index is -0.911. The third kappa shape index (κ3) is 2.51. The monoisotopic (exact) mass is 191 g/mol. The summed E-state index contributed by atoms with van der Waals surface area (Å²) in [4.78, 5) is 13.4. The number of methoxy groups -OCH3 is 3. The number of nitrogens with zero attached hydrogens (tertiary/aromatic N) is 1. The molecule has 1 unspecified atom stereocenters. The van der Waals surface area contributed by atoms with Gasteiger partial charge in [-0.2, -0.15) is 4.99 Å². The number of rotatable bonds is 5. The lowest BCUT2D eigenvalue weighted by Crippen LogP contribution is -2.46. The first-order valence-electron chi connectivity index (χ1n) is 3.34. The molecule has 6 heteroatoms. The van der Waals surface area contributed by atoms with E-state index >= 15 is 0 Å². The van der Waals surface area contributed by atoms with Crippen molar-refractivity contribution in [2.24, 2.45) is 4.99 Å². The third-order valence-corrected chi connectivity index (χ3v) is 2.96. The molecule has 70 valence electrons. The van der Waals surface area contributed by atoms with E-state index < -0.39 is 11.6 Å². The molecule has 0 aromatic heterocycles. The van der Waals surface area contributed by atoms with E-state index in [-0.39, 0.29) is 0 Å². The zero-order valence-corrected chi connectivity index (χ0v) is 9.66. The summed E-state index contributed by atoms with van der Waals surface area (Å²) in [6.07, 6.45) is 0.666. The molecule has 0 saturated heterocycles. The highest BCUT2D eigenvalue weighted by atomic mass is 28.1. The van der Waals surface area contributed by atoms with Gasteiger partial charge in [0.25, 0.3) is 0 Å². The molecule has 0 bridgehead atoms. The standard InChI is InChI=1S/C6H13NO4Si/c1-9-5(7-4-8)6(12,10-2)11-3/h5H,1-3,12H3. The van der Waals surface area contributed by atoms with Crippen LogP contribution in [0.4, 0.5) is 0 Å². The molecule has 0 aliphatic heterocycles. The Kier molecular flexibility index (Phi) is 4.95. The highest BCUT2D eigenvalue weighted by Crippen LogP contribution is 2.15. The Morgan fingerprint density at radius 2 is 1.92 bits per heavy atom. The molecule has 0 aromatic carbocycles. The largest absolute Gasteiger partial charge is 0.354 e. The fourth-order valence-electron chi connectivity index (χ4n) is 0.717. The molecular formula is C6H13NO4Si. The molecular weight excluding hydrogens is 178 g/mol. The number of isocyanates is 1. The molecule has 0 fully saturated rings. The van der Waals surface area contributed by atoms with Crippen LogP contribution in [0.3, 0.4) is 0 Å². The molecule has 0 saturated carbocycles. The van der Waals surface area contributed by atoms with Gasteiger partial charge in [0.1, 0.15) is 0 Å². The van der Waals surface area contributed by atoms with E-state index in [1.165, 1.54) is 27.4 Å². The van der Waals surface area contributed by atoms with Gasteiger partial charge in [-0.3, -0.25) is 0 Å². The van der Waals surface area contributed by atoms with Gasteiger partial charge < -0.3 is 14.2 Å². The van der Waals surface area contributed by atoms with Crippen LogP contribution in [-0.2, 0) is 19.0 Å². The van der Waals surface area contributed by atoms with Crippen molar-refractivity contribution in [3.8, 4) is 0 Å². The van der Waals surface area contributed by atoms with Crippen molar-refractivity contribution in [2.45, 2.75) is 11.6 Å². The highest BCUT2D eigenvalue weighted by molar-refractivity contribution is 6.13. The lowest BCUT2D eigenvalue weighted by atomic mass is 10.5. The first-order chi connectivity index (χ1) is 5.64. The van der Waals surface area contributed by atoms with Crippen molar-refractivity contribution in [3.05, 3.63) is 0 Å². The van der Waals surface area contributed by atoms with Crippen molar-refractivity contribution in [1.29, 1.82) is 0 Å². The Hall–Kier alpha value is -0.523. The number of hydrogen-bond acceptors (Lipinski definition) is 5. The molecule has 0 aromatic rings. The van der Waals surface area contributed by atoms with Gasteiger partial charge in [-0.15, -0.1) is 0 Å². The highest BCUT2D eigenvalue weighted by Gasteiger charge is 2.34. The lowest BCUT2D eigenvalue weighted by Gasteiger charge is -2.30. The Balaban J connectivity index is 4.53. The summed E-state index contributed by atoms with van der Waals surface area (Å²) in [5.74, 6) is 0. The van der Waals surface area contributed by atoms with Crippen molar-refractivity contribution in [1.82, 2.24) is 0 Å². The molecule has 12 heavy (non-hydrogen) atoms. The van der Waals surface area contributed by atoms with Crippen LogP contribution in [0, 0.1) is 0 Å². The van der Waals surface area contributed by atoms with E-state index in [0.717, 1.165) is 0 Å². The van der Waals surface area contributed by atoms with E-state index in [0.29, 0.717) is 10.2 Å². The maximum atomic E-state index is 9.99. The normalized spacial score (nSPS) is 13.9. The molecule has 5 nitrogen and oxygen atoms in total. The quantitative estimate of drug-likeness (QED) is 0.232. The van der Waals surface area contributed by atoms with Gasteiger partial charge in [0.05, 0.1) is 10.2 Å². The molecule has 0 N–H and O–H groups in total. The molecule has 0 spiro atoms. The Morgan fingerprint density at radius 1 is 1.42 bits per heavy atom. The second-order valence-electron chi connectivity index (χ2n) is 2.23. The number of ether oxygens (including phenoxy) is 3. The molecule has 0 rings (SSSR count). The number of hydrogen-bond donors (Lipinski definition) is 0. The van der Waals surface area contributed by atoms with Crippen LogP contribution in [0.1, 0.15) is 0 Å². The fourth-order valence-corrected chi connectivity index (χ4v) is 1.08. The van der Waals surface area contributed by atoms with E-state index in [1.807, 2.05) is 0 Å². The Labute approximate surface area is 74.1 Å². The molecule has 0 aliphatic rings. The Bertz CT molecular complexity index is 176. The van der Waals surface area contributed by atoms with Crippen molar-refractivity contribution in [3.63, 3.8) is 0 Å². The van der Waals surface area contributed by atoms with Crippen LogP contribution in [0.2, 0.25) is 0 Å². The maximum absolute atomic E-state index is 9.99. The molecule has 0 radical (unpaired) electrons. The smallest absolute Gasteiger partial charge is 0.237 e.